The van der Waals surface area contributed by atoms with Crippen molar-refractivity contribution in [2.75, 3.05) is 5.32 Å². The van der Waals surface area contributed by atoms with E-state index < -0.39 is 53.0 Å². The first-order valence-corrected chi connectivity index (χ1v) is 19.8. The van der Waals surface area contributed by atoms with Crippen molar-refractivity contribution in [1.82, 2.24) is 5.32 Å². The highest BCUT2D eigenvalue weighted by molar-refractivity contribution is 6.04. The van der Waals surface area contributed by atoms with Gasteiger partial charge < -0.3 is 30.3 Å². The van der Waals surface area contributed by atoms with Crippen LogP contribution in [0.3, 0.4) is 0 Å². The molecule has 4 atom stereocenters. The first-order valence-electron chi connectivity index (χ1n) is 19.8. The van der Waals surface area contributed by atoms with E-state index in [-0.39, 0.29) is 10.8 Å². The number of nitrogens with one attached hydrogen (secondary N) is 2. The van der Waals surface area contributed by atoms with E-state index in [2.05, 4.69) is 69.5 Å². The molecule has 0 saturated heterocycles. The Morgan fingerprint density at radius 3 is 1.21 bits per heavy atom. The zero-order valence-corrected chi connectivity index (χ0v) is 34.2. The van der Waals surface area contributed by atoms with Crippen LogP contribution >= 0.6 is 0 Å². The molecule has 4 aromatic rings. The maximum atomic E-state index is 13.5. The molecule has 0 aromatic heterocycles. The van der Waals surface area contributed by atoms with Gasteiger partial charge in [0.25, 0.3) is 0 Å². The lowest BCUT2D eigenvalue weighted by atomic mass is 9.55. The van der Waals surface area contributed by atoms with E-state index in [4.69, 9.17) is 9.47 Å². The smallest absolute Gasteiger partial charge is 0.308 e. The van der Waals surface area contributed by atoms with Gasteiger partial charge in [-0.1, -0.05) is 84.9 Å². The van der Waals surface area contributed by atoms with Crippen molar-refractivity contribution in [3.8, 4) is 23.0 Å². The predicted molar refractivity (Wildman–Crippen MR) is 221 cm³/mol. The minimum Gasteiger partial charge on any atom is -0.481 e. The van der Waals surface area contributed by atoms with Crippen molar-refractivity contribution in [2.24, 2.45) is 23.7 Å². The molecule has 10 heteroatoms. The summed E-state index contributed by atoms with van der Waals surface area (Å²) in [6, 6.07) is 30.9. The zero-order valence-electron chi connectivity index (χ0n) is 34.2. The third-order valence-corrected chi connectivity index (χ3v) is 12.6. The molecule has 1 fully saturated rings. The molecule has 1 aliphatic rings. The maximum absolute atomic E-state index is 13.5. The standard InChI is InChI=1S/C47H56N2O8/c1-9-46(7,10-2)31-17-25-35(26-18-31)56-33-21-13-29(14-22-33)45(5,6)30-15-23-34(24-16-30)57-36-27-19-32(20-28-36)48-41(50)37-38(40(44(54)55)39(37)43(52)53)42(51)49-47(8,11-3)12-4/h13-28,37-40H,9-12H2,1-8H3,(H,48,50)(H,49,51)(H,52,53)(H,54,55). The molecule has 0 heterocycles. The van der Waals surface area contributed by atoms with Crippen LogP contribution < -0.4 is 20.1 Å². The maximum Gasteiger partial charge on any atom is 0.308 e. The first-order chi connectivity index (χ1) is 27.0. The summed E-state index contributed by atoms with van der Waals surface area (Å²) in [5, 5.41) is 25.2. The molecule has 0 spiro atoms. The van der Waals surface area contributed by atoms with Gasteiger partial charge in [0.05, 0.1) is 23.7 Å². The number of carbonyl (C=O) groups excluding carboxylic acids is 2. The number of carbonyl (C=O) groups is 4. The van der Waals surface area contributed by atoms with Crippen molar-refractivity contribution in [2.45, 2.75) is 97.4 Å². The Hall–Kier alpha value is -5.64. The van der Waals surface area contributed by atoms with Gasteiger partial charge in [0.15, 0.2) is 0 Å². The SMILES string of the molecule is CCC(C)(CC)NC(=O)C1C(C(=O)O)C(C(=O)O)C1C(=O)Nc1ccc(Oc2ccc(C(C)(C)c3ccc(Oc4ccc(C(C)(CC)CC)cc4)cc3)cc2)cc1. The summed E-state index contributed by atoms with van der Waals surface area (Å²) < 4.78 is 12.3. The molecule has 5 rings (SSSR count). The summed E-state index contributed by atoms with van der Waals surface area (Å²) in [6.45, 7) is 16.7. The van der Waals surface area contributed by atoms with Crippen molar-refractivity contribution in [1.29, 1.82) is 0 Å². The number of rotatable bonds is 17. The highest BCUT2D eigenvalue weighted by Gasteiger charge is 2.64. The Bertz CT molecular complexity index is 2030. The third kappa shape index (κ3) is 9.17. The fourth-order valence-corrected chi connectivity index (χ4v) is 7.56. The van der Waals surface area contributed by atoms with Crippen molar-refractivity contribution in [3.05, 3.63) is 114 Å². The number of hydrogen-bond acceptors (Lipinski definition) is 6. The number of amides is 2. The molecule has 2 amide bonds. The molecule has 302 valence electrons. The van der Waals surface area contributed by atoms with Gasteiger partial charge in [-0.15, -0.1) is 0 Å². The van der Waals surface area contributed by atoms with Crippen LogP contribution in [0.2, 0.25) is 0 Å². The summed E-state index contributed by atoms with van der Waals surface area (Å²) in [5.74, 6) is -7.34. The normalized spacial score (nSPS) is 18.2. The van der Waals surface area contributed by atoms with Crippen LogP contribution in [0.15, 0.2) is 97.1 Å². The predicted octanol–water partition coefficient (Wildman–Crippen LogP) is 9.96. The minimum atomic E-state index is -1.55. The fraction of sp³-hybridized carbons (Fsp3) is 0.404. The van der Waals surface area contributed by atoms with Gasteiger partial charge in [-0.05, 0) is 115 Å². The summed E-state index contributed by atoms with van der Waals surface area (Å²) in [4.78, 5) is 51.0. The Morgan fingerprint density at radius 1 is 0.509 bits per heavy atom. The van der Waals surface area contributed by atoms with E-state index in [0.29, 0.717) is 30.0 Å². The monoisotopic (exact) mass is 776 g/mol. The van der Waals surface area contributed by atoms with Crippen LogP contribution in [0.25, 0.3) is 0 Å². The molecule has 1 saturated carbocycles. The highest BCUT2D eigenvalue weighted by atomic mass is 16.5. The average Bonchev–Trinajstić information content (AvgIpc) is 3.18. The van der Waals surface area contributed by atoms with Crippen molar-refractivity contribution < 1.29 is 38.9 Å². The van der Waals surface area contributed by atoms with Crippen LogP contribution in [0, 0.1) is 23.7 Å². The van der Waals surface area contributed by atoms with Gasteiger partial charge in [-0.3, -0.25) is 19.2 Å². The Balaban J connectivity index is 1.20. The number of hydrogen-bond donors (Lipinski definition) is 4. The van der Waals surface area contributed by atoms with Gasteiger partial charge >= 0.3 is 11.9 Å². The number of carboxylic acid groups (broad SMARTS) is 2. The minimum absolute atomic E-state index is 0.160. The van der Waals surface area contributed by atoms with Gasteiger partial charge in [0.2, 0.25) is 11.8 Å². The lowest BCUT2D eigenvalue weighted by molar-refractivity contribution is -0.180. The van der Waals surface area contributed by atoms with Gasteiger partial charge in [0, 0.05) is 16.6 Å². The van der Waals surface area contributed by atoms with E-state index in [9.17, 15) is 29.4 Å². The van der Waals surface area contributed by atoms with E-state index >= 15 is 0 Å². The van der Waals surface area contributed by atoms with E-state index in [1.165, 1.54) is 5.56 Å². The average molecular weight is 777 g/mol. The van der Waals surface area contributed by atoms with Crippen molar-refractivity contribution >= 4 is 29.4 Å². The molecule has 0 bridgehead atoms. The number of carboxylic acids is 2. The van der Waals surface area contributed by atoms with Crippen LogP contribution in [0.5, 0.6) is 23.0 Å². The number of benzene rings is 4. The van der Waals surface area contributed by atoms with Crippen molar-refractivity contribution in [3.63, 3.8) is 0 Å². The van der Waals surface area contributed by atoms with Crippen LogP contribution in [0.1, 0.15) is 97.8 Å². The highest BCUT2D eigenvalue weighted by Crippen LogP contribution is 2.48. The topological polar surface area (TPSA) is 151 Å². The van der Waals surface area contributed by atoms with Gasteiger partial charge in [-0.25, -0.2) is 0 Å². The number of aliphatic carboxylic acids is 2. The molecular formula is C47H56N2O8. The second-order valence-electron chi connectivity index (χ2n) is 16.2. The third-order valence-electron chi connectivity index (χ3n) is 12.6. The Labute approximate surface area is 336 Å². The largest absolute Gasteiger partial charge is 0.481 e. The molecule has 1 aliphatic carbocycles. The van der Waals surface area contributed by atoms with Crippen LogP contribution in [0.4, 0.5) is 5.69 Å². The quantitative estimate of drug-likeness (QED) is 0.0828. The summed E-state index contributed by atoms with van der Waals surface area (Å²) >= 11 is 0. The van der Waals surface area contributed by atoms with Gasteiger partial charge in [-0.2, -0.15) is 0 Å². The molecule has 4 aromatic carbocycles. The van der Waals surface area contributed by atoms with Gasteiger partial charge in [0.1, 0.15) is 23.0 Å². The molecule has 0 aliphatic heterocycles. The molecule has 57 heavy (non-hydrogen) atoms. The lowest BCUT2D eigenvalue weighted by Crippen LogP contribution is -2.64. The van der Waals surface area contributed by atoms with Crippen LogP contribution in [-0.2, 0) is 30.0 Å². The number of ether oxygens (including phenoxy) is 2. The molecule has 4 N–H and O–H groups in total. The van der Waals surface area contributed by atoms with E-state index in [0.717, 1.165) is 35.5 Å². The summed E-state index contributed by atoms with van der Waals surface area (Å²) in [7, 11) is 0. The second kappa shape index (κ2) is 17.2. The van der Waals surface area contributed by atoms with Crippen LogP contribution in [-0.4, -0.2) is 39.5 Å². The van der Waals surface area contributed by atoms with E-state index in [1.807, 2.05) is 69.3 Å². The lowest BCUT2D eigenvalue weighted by Gasteiger charge is -2.46. The Kier molecular flexibility index (Phi) is 12.9. The summed E-state index contributed by atoms with van der Waals surface area (Å²) in [6.07, 6.45) is 3.32. The number of anilines is 1. The Morgan fingerprint density at radius 2 is 0.860 bits per heavy atom. The van der Waals surface area contributed by atoms with E-state index in [1.54, 1.807) is 24.3 Å². The molecule has 10 nitrogen and oxygen atoms in total. The summed E-state index contributed by atoms with van der Waals surface area (Å²) in [5.41, 5.74) is 3.11. The molecular weight excluding hydrogens is 721 g/mol. The molecule has 0 radical (unpaired) electrons. The zero-order chi connectivity index (χ0) is 41.7. The molecule has 4 unspecified atom stereocenters. The second-order valence-corrected chi connectivity index (χ2v) is 16.2. The fourth-order valence-electron chi connectivity index (χ4n) is 7.56. The first kappa shape index (κ1) is 42.5.